The van der Waals surface area contributed by atoms with Gasteiger partial charge < -0.3 is 15.8 Å². The number of methoxy groups -OCH3 is 1. The smallest absolute Gasteiger partial charge is 0.269 e. The molecule has 2 rings (SSSR count). The maximum absolute atomic E-state index is 12.9. The van der Waals surface area contributed by atoms with E-state index in [9.17, 15) is 24.1 Å². The van der Waals surface area contributed by atoms with Gasteiger partial charge in [-0.05, 0) is 30.3 Å². The molecule has 136 valence electrons. The van der Waals surface area contributed by atoms with Crippen LogP contribution in [0.2, 0.25) is 0 Å². The number of carbonyl (C=O) groups excluding carboxylic acids is 2. The first-order valence-electron chi connectivity index (χ1n) is 7.49. The first kappa shape index (κ1) is 18.8. The Hall–Kier alpha value is -3.49. The number of hydrogen-bond acceptors (Lipinski definition) is 5. The minimum absolute atomic E-state index is 0.104. The first-order valence-corrected chi connectivity index (χ1v) is 7.49. The Kier molecular flexibility index (Phi) is 5.84. The second-order valence-electron chi connectivity index (χ2n) is 5.39. The fourth-order valence-corrected chi connectivity index (χ4v) is 2.32. The van der Waals surface area contributed by atoms with Gasteiger partial charge in [-0.3, -0.25) is 19.7 Å². The van der Waals surface area contributed by atoms with Gasteiger partial charge in [0, 0.05) is 29.7 Å². The number of carbonyl (C=O) groups is 2. The number of nitro groups is 1. The lowest BCUT2D eigenvalue weighted by Crippen LogP contribution is -2.45. The van der Waals surface area contributed by atoms with E-state index in [1.165, 1.54) is 37.4 Å². The lowest BCUT2D eigenvalue weighted by Gasteiger charge is -2.17. The van der Waals surface area contributed by atoms with Crippen LogP contribution in [-0.2, 0) is 11.2 Å². The highest BCUT2D eigenvalue weighted by molar-refractivity contribution is 5.97. The van der Waals surface area contributed by atoms with Crippen LogP contribution in [0.1, 0.15) is 15.9 Å². The standard InChI is InChI=1S/C17H16FN3O5/c1-26-15-7-6-13(21(24)25)8-11(15)9-14(16(19)22)20-17(23)10-2-4-12(18)5-3-10/h2-8,14H,9H2,1H3,(H2,19,22)(H,20,23)/t14-/m0/s1. The second-order valence-corrected chi connectivity index (χ2v) is 5.39. The Balaban J connectivity index is 2.24. The summed E-state index contributed by atoms with van der Waals surface area (Å²) in [6.07, 6.45) is -0.104. The number of non-ortho nitro benzene ring substituents is 1. The van der Waals surface area contributed by atoms with Gasteiger partial charge in [-0.2, -0.15) is 0 Å². The van der Waals surface area contributed by atoms with Crippen LogP contribution in [0, 0.1) is 15.9 Å². The van der Waals surface area contributed by atoms with Crippen LogP contribution in [-0.4, -0.2) is 29.9 Å². The number of nitrogens with one attached hydrogen (secondary N) is 1. The van der Waals surface area contributed by atoms with E-state index in [4.69, 9.17) is 10.5 Å². The molecule has 9 heteroatoms. The molecule has 3 N–H and O–H groups in total. The molecule has 0 fully saturated rings. The summed E-state index contributed by atoms with van der Waals surface area (Å²) in [6.45, 7) is 0. The van der Waals surface area contributed by atoms with Crippen LogP contribution < -0.4 is 15.8 Å². The van der Waals surface area contributed by atoms with Crippen molar-refractivity contribution in [3.8, 4) is 5.75 Å². The molecule has 2 amide bonds. The van der Waals surface area contributed by atoms with E-state index in [2.05, 4.69) is 5.32 Å². The summed E-state index contributed by atoms with van der Waals surface area (Å²) >= 11 is 0. The van der Waals surface area contributed by atoms with E-state index >= 15 is 0 Å². The quantitative estimate of drug-likeness (QED) is 0.572. The van der Waals surface area contributed by atoms with Gasteiger partial charge in [0.05, 0.1) is 12.0 Å². The van der Waals surface area contributed by atoms with E-state index < -0.39 is 28.6 Å². The molecule has 1 atom stereocenters. The van der Waals surface area contributed by atoms with Crippen LogP contribution in [0.3, 0.4) is 0 Å². The number of primary amides is 1. The van der Waals surface area contributed by atoms with Crippen molar-refractivity contribution in [1.29, 1.82) is 0 Å². The number of nitrogens with two attached hydrogens (primary N) is 1. The molecule has 0 heterocycles. The summed E-state index contributed by atoms with van der Waals surface area (Å²) in [5, 5.41) is 13.4. The number of nitro benzene ring substituents is 1. The molecule has 0 aromatic heterocycles. The Labute approximate surface area is 147 Å². The van der Waals surface area contributed by atoms with Gasteiger partial charge in [0.1, 0.15) is 17.6 Å². The fourth-order valence-electron chi connectivity index (χ4n) is 2.32. The van der Waals surface area contributed by atoms with E-state index in [0.717, 1.165) is 12.1 Å². The number of ether oxygens (including phenoxy) is 1. The highest BCUT2D eigenvalue weighted by Gasteiger charge is 2.22. The minimum atomic E-state index is -1.14. The molecular formula is C17H16FN3O5. The summed E-state index contributed by atoms with van der Waals surface area (Å²) in [5.41, 5.74) is 5.63. The minimum Gasteiger partial charge on any atom is -0.496 e. The molecule has 8 nitrogen and oxygen atoms in total. The first-order chi connectivity index (χ1) is 12.3. The highest BCUT2D eigenvalue weighted by Crippen LogP contribution is 2.25. The van der Waals surface area contributed by atoms with Crippen molar-refractivity contribution in [2.24, 2.45) is 5.73 Å². The zero-order valence-corrected chi connectivity index (χ0v) is 13.8. The van der Waals surface area contributed by atoms with Crippen LogP contribution in [0.15, 0.2) is 42.5 Å². The molecule has 26 heavy (non-hydrogen) atoms. The van der Waals surface area contributed by atoms with Crippen molar-refractivity contribution < 1.29 is 23.6 Å². The Morgan fingerprint density at radius 2 is 1.92 bits per heavy atom. The molecule has 0 saturated heterocycles. The lowest BCUT2D eigenvalue weighted by atomic mass is 10.0. The SMILES string of the molecule is COc1ccc([N+](=O)[O-])cc1C[C@H](NC(=O)c1ccc(F)cc1)C(N)=O. The molecule has 0 radical (unpaired) electrons. The molecule has 0 aliphatic carbocycles. The molecule has 0 spiro atoms. The largest absolute Gasteiger partial charge is 0.496 e. The number of rotatable bonds is 7. The van der Waals surface area contributed by atoms with Crippen molar-refractivity contribution in [2.45, 2.75) is 12.5 Å². The zero-order chi connectivity index (χ0) is 19.3. The average Bonchev–Trinajstić information content (AvgIpc) is 2.61. The molecule has 2 aromatic rings. The van der Waals surface area contributed by atoms with E-state index in [1.807, 2.05) is 0 Å². The normalized spacial score (nSPS) is 11.5. The third kappa shape index (κ3) is 4.53. The van der Waals surface area contributed by atoms with Crippen LogP contribution >= 0.6 is 0 Å². The molecule has 0 aliphatic heterocycles. The van der Waals surface area contributed by atoms with Gasteiger partial charge in [-0.1, -0.05) is 0 Å². The number of hydrogen-bond donors (Lipinski definition) is 2. The van der Waals surface area contributed by atoms with Crippen molar-refractivity contribution >= 4 is 17.5 Å². The average molecular weight is 361 g/mol. The molecular weight excluding hydrogens is 345 g/mol. The van der Waals surface area contributed by atoms with E-state index in [-0.39, 0.29) is 17.7 Å². The summed E-state index contributed by atoms with van der Waals surface area (Å²) < 4.78 is 18.1. The van der Waals surface area contributed by atoms with E-state index in [1.54, 1.807) is 0 Å². The van der Waals surface area contributed by atoms with Crippen molar-refractivity contribution in [2.75, 3.05) is 7.11 Å². The monoisotopic (exact) mass is 361 g/mol. The van der Waals surface area contributed by atoms with Crippen LogP contribution in [0.5, 0.6) is 5.75 Å². The van der Waals surface area contributed by atoms with Gasteiger partial charge in [-0.15, -0.1) is 0 Å². The molecule has 2 aromatic carbocycles. The van der Waals surface area contributed by atoms with Gasteiger partial charge in [0.15, 0.2) is 0 Å². The van der Waals surface area contributed by atoms with Crippen LogP contribution in [0.4, 0.5) is 10.1 Å². The van der Waals surface area contributed by atoms with Gasteiger partial charge in [-0.25, -0.2) is 4.39 Å². The Morgan fingerprint density at radius 3 is 2.46 bits per heavy atom. The summed E-state index contributed by atoms with van der Waals surface area (Å²) in [6, 6.07) is 7.51. The zero-order valence-electron chi connectivity index (χ0n) is 13.8. The number of halogens is 1. The molecule has 0 bridgehead atoms. The lowest BCUT2D eigenvalue weighted by molar-refractivity contribution is -0.384. The second kappa shape index (κ2) is 8.06. The number of benzene rings is 2. The molecule has 0 unspecified atom stereocenters. The predicted molar refractivity (Wildman–Crippen MR) is 90.2 cm³/mol. The van der Waals surface area contributed by atoms with E-state index in [0.29, 0.717) is 11.3 Å². The molecule has 0 saturated carbocycles. The Bertz CT molecular complexity index is 839. The molecule has 0 aliphatic rings. The third-order valence-corrected chi connectivity index (χ3v) is 3.65. The summed E-state index contributed by atoms with van der Waals surface area (Å²) in [7, 11) is 1.38. The maximum Gasteiger partial charge on any atom is 0.269 e. The van der Waals surface area contributed by atoms with Gasteiger partial charge >= 0.3 is 0 Å². The fraction of sp³-hybridized carbons (Fsp3) is 0.176. The third-order valence-electron chi connectivity index (χ3n) is 3.65. The highest BCUT2D eigenvalue weighted by atomic mass is 19.1. The maximum atomic E-state index is 12.9. The summed E-state index contributed by atoms with van der Waals surface area (Å²) in [4.78, 5) is 34.3. The predicted octanol–water partition coefficient (Wildman–Crippen LogP) is 1.57. The van der Waals surface area contributed by atoms with Crippen molar-refractivity contribution in [3.05, 3.63) is 69.5 Å². The Morgan fingerprint density at radius 1 is 1.27 bits per heavy atom. The summed E-state index contributed by atoms with van der Waals surface area (Å²) in [5.74, 6) is -1.64. The van der Waals surface area contributed by atoms with Crippen LogP contribution in [0.25, 0.3) is 0 Å². The number of amides is 2. The van der Waals surface area contributed by atoms with Crippen molar-refractivity contribution in [3.63, 3.8) is 0 Å². The van der Waals surface area contributed by atoms with Crippen molar-refractivity contribution in [1.82, 2.24) is 5.32 Å². The van der Waals surface area contributed by atoms with Gasteiger partial charge in [0.2, 0.25) is 5.91 Å². The van der Waals surface area contributed by atoms with Gasteiger partial charge in [0.25, 0.3) is 11.6 Å². The topological polar surface area (TPSA) is 125 Å². The number of nitrogens with zero attached hydrogens (tertiary/aromatic N) is 1.